The molecule has 0 heterocycles. The lowest BCUT2D eigenvalue weighted by atomic mass is 10.1. The Morgan fingerprint density at radius 3 is 2.65 bits per heavy atom. The SMILES string of the molecule is Cc1cc(NCc2cc(F)cc(Cl)c2)ccc1[N+](=O)[O-]. The van der Waals surface area contributed by atoms with E-state index in [0.717, 1.165) is 5.69 Å². The van der Waals surface area contributed by atoms with E-state index in [0.29, 0.717) is 22.7 Å². The first-order chi connectivity index (χ1) is 9.45. The van der Waals surface area contributed by atoms with E-state index in [1.54, 1.807) is 25.1 Å². The molecule has 0 saturated carbocycles. The van der Waals surface area contributed by atoms with Gasteiger partial charge >= 0.3 is 0 Å². The van der Waals surface area contributed by atoms with Crippen molar-refractivity contribution in [2.45, 2.75) is 13.5 Å². The number of halogens is 2. The van der Waals surface area contributed by atoms with Crippen LogP contribution in [0.5, 0.6) is 0 Å². The van der Waals surface area contributed by atoms with E-state index in [9.17, 15) is 14.5 Å². The molecule has 0 aromatic heterocycles. The van der Waals surface area contributed by atoms with E-state index < -0.39 is 10.7 Å². The summed E-state index contributed by atoms with van der Waals surface area (Å²) in [6, 6.07) is 9.02. The van der Waals surface area contributed by atoms with E-state index in [-0.39, 0.29) is 5.69 Å². The second kappa shape index (κ2) is 5.88. The van der Waals surface area contributed by atoms with Gasteiger partial charge in [-0.2, -0.15) is 0 Å². The van der Waals surface area contributed by atoms with Crippen molar-refractivity contribution in [1.82, 2.24) is 0 Å². The molecule has 0 radical (unpaired) electrons. The lowest BCUT2D eigenvalue weighted by Crippen LogP contribution is -2.01. The zero-order valence-corrected chi connectivity index (χ0v) is 11.4. The van der Waals surface area contributed by atoms with Crippen LogP contribution in [-0.2, 0) is 6.54 Å². The number of nitrogens with one attached hydrogen (secondary N) is 1. The van der Waals surface area contributed by atoms with Crippen LogP contribution in [0.4, 0.5) is 15.8 Å². The zero-order chi connectivity index (χ0) is 14.7. The minimum Gasteiger partial charge on any atom is -0.381 e. The van der Waals surface area contributed by atoms with Crippen molar-refractivity contribution in [3.63, 3.8) is 0 Å². The first-order valence-corrected chi connectivity index (χ1v) is 6.27. The van der Waals surface area contributed by atoms with Gasteiger partial charge in [0.25, 0.3) is 5.69 Å². The Bertz CT molecular complexity index is 641. The van der Waals surface area contributed by atoms with Crippen LogP contribution in [-0.4, -0.2) is 4.92 Å². The Labute approximate surface area is 120 Å². The maximum Gasteiger partial charge on any atom is 0.272 e. The van der Waals surface area contributed by atoms with Crippen molar-refractivity contribution in [1.29, 1.82) is 0 Å². The molecule has 0 aliphatic heterocycles. The molecular weight excluding hydrogens is 283 g/mol. The predicted octanol–water partition coefficient (Wildman–Crippen LogP) is 4.31. The Hall–Kier alpha value is -2.14. The summed E-state index contributed by atoms with van der Waals surface area (Å²) in [5, 5.41) is 14.1. The molecule has 6 heteroatoms. The first-order valence-electron chi connectivity index (χ1n) is 5.89. The molecule has 0 spiro atoms. The third kappa shape index (κ3) is 3.45. The lowest BCUT2D eigenvalue weighted by Gasteiger charge is -2.08. The summed E-state index contributed by atoms with van der Waals surface area (Å²) < 4.78 is 13.2. The van der Waals surface area contributed by atoms with Crippen molar-refractivity contribution in [3.05, 3.63) is 68.5 Å². The van der Waals surface area contributed by atoms with Gasteiger partial charge in [-0.3, -0.25) is 10.1 Å². The molecule has 0 aliphatic carbocycles. The van der Waals surface area contributed by atoms with Crippen molar-refractivity contribution in [3.8, 4) is 0 Å². The molecule has 1 N–H and O–H groups in total. The number of nitrogens with zero attached hydrogens (tertiary/aromatic N) is 1. The average Bonchev–Trinajstić information content (AvgIpc) is 2.35. The van der Waals surface area contributed by atoms with Crippen LogP contribution in [0.1, 0.15) is 11.1 Å². The molecule has 0 saturated heterocycles. The topological polar surface area (TPSA) is 55.2 Å². The maximum absolute atomic E-state index is 13.2. The minimum atomic E-state index is -0.425. The number of nitro benzene ring substituents is 1. The highest BCUT2D eigenvalue weighted by Gasteiger charge is 2.10. The molecule has 2 rings (SSSR count). The van der Waals surface area contributed by atoms with E-state index >= 15 is 0 Å². The van der Waals surface area contributed by atoms with Gasteiger partial charge in [0.2, 0.25) is 0 Å². The number of hydrogen-bond donors (Lipinski definition) is 1. The number of benzene rings is 2. The highest BCUT2D eigenvalue weighted by atomic mass is 35.5. The van der Waals surface area contributed by atoms with Crippen LogP contribution in [0.25, 0.3) is 0 Å². The second-order valence-electron chi connectivity index (χ2n) is 4.39. The smallest absolute Gasteiger partial charge is 0.272 e. The molecule has 20 heavy (non-hydrogen) atoms. The normalized spacial score (nSPS) is 10.3. The van der Waals surface area contributed by atoms with Crippen LogP contribution >= 0.6 is 11.6 Å². The van der Waals surface area contributed by atoms with Gasteiger partial charge in [-0.05, 0) is 42.8 Å². The highest BCUT2D eigenvalue weighted by Crippen LogP contribution is 2.22. The van der Waals surface area contributed by atoms with E-state index in [1.165, 1.54) is 18.2 Å². The predicted molar refractivity (Wildman–Crippen MR) is 76.6 cm³/mol. The van der Waals surface area contributed by atoms with Crippen molar-refractivity contribution >= 4 is 23.0 Å². The fourth-order valence-corrected chi connectivity index (χ4v) is 2.13. The molecular formula is C14H12ClFN2O2. The summed E-state index contributed by atoms with van der Waals surface area (Å²) in [7, 11) is 0. The van der Waals surface area contributed by atoms with Crippen LogP contribution in [0.3, 0.4) is 0 Å². The molecule has 0 amide bonds. The zero-order valence-electron chi connectivity index (χ0n) is 10.7. The van der Waals surface area contributed by atoms with Crippen molar-refractivity contribution < 1.29 is 9.31 Å². The Balaban J connectivity index is 2.11. The van der Waals surface area contributed by atoms with E-state index in [2.05, 4.69) is 5.32 Å². The quantitative estimate of drug-likeness (QED) is 0.675. The van der Waals surface area contributed by atoms with Crippen LogP contribution in [0, 0.1) is 22.9 Å². The summed E-state index contributed by atoms with van der Waals surface area (Å²) in [6.07, 6.45) is 0. The third-order valence-electron chi connectivity index (χ3n) is 2.81. The van der Waals surface area contributed by atoms with Gasteiger partial charge in [-0.1, -0.05) is 11.6 Å². The monoisotopic (exact) mass is 294 g/mol. The van der Waals surface area contributed by atoms with Crippen molar-refractivity contribution in [2.24, 2.45) is 0 Å². The number of anilines is 1. The standard InChI is InChI=1S/C14H12ClFN2O2/c1-9-4-13(2-3-14(9)18(19)20)17-8-10-5-11(15)7-12(16)6-10/h2-7,17H,8H2,1H3. The van der Waals surface area contributed by atoms with Gasteiger partial charge in [0.15, 0.2) is 0 Å². The van der Waals surface area contributed by atoms with Gasteiger partial charge in [0, 0.05) is 28.9 Å². The number of nitro groups is 1. The van der Waals surface area contributed by atoms with Crippen LogP contribution in [0.15, 0.2) is 36.4 Å². The average molecular weight is 295 g/mol. The fraction of sp³-hybridized carbons (Fsp3) is 0.143. The van der Waals surface area contributed by atoms with Crippen molar-refractivity contribution in [2.75, 3.05) is 5.32 Å². The van der Waals surface area contributed by atoms with Gasteiger partial charge in [-0.25, -0.2) is 4.39 Å². The number of aryl methyl sites for hydroxylation is 1. The molecule has 2 aromatic rings. The Morgan fingerprint density at radius 1 is 1.30 bits per heavy atom. The first kappa shape index (κ1) is 14.3. The largest absolute Gasteiger partial charge is 0.381 e. The summed E-state index contributed by atoms with van der Waals surface area (Å²) in [6.45, 7) is 2.05. The molecule has 0 fully saturated rings. The minimum absolute atomic E-state index is 0.0735. The summed E-state index contributed by atoms with van der Waals surface area (Å²) in [5.41, 5.74) is 2.07. The van der Waals surface area contributed by atoms with Gasteiger partial charge in [-0.15, -0.1) is 0 Å². The maximum atomic E-state index is 13.2. The molecule has 2 aromatic carbocycles. The molecule has 0 bridgehead atoms. The Morgan fingerprint density at radius 2 is 2.05 bits per heavy atom. The lowest BCUT2D eigenvalue weighted by molar-refractivity contribution is -0.385. The number of rotatable bonds is 4. The molecule has 0 aliphatic rings. The van der Waals surface area contributed by atoms with Gasteiger partial charge < -0.3 is 5.32 Å². The van der Waals surface area contributed by atoms with E-state index in [4.69, 9.17) is 11.6 Å². The number of hydrogen-bond acceptors (Lipinski definition) is 3. The summed E-state index contributed by atoms with van der Waals surface area (Å²) >= 11 is 5.77. The van der Waals surface area contributed by atoms with Crippen LogP contribution < -0.4 is 5.32 Å². The van der Waals surface area contributed by atoms with E-state index in [1.807, 2.05) is 0 Å². The van der Waals surface area contributed by atoms with Gasteiger partial charge in [0.05, 0.1) is 4.92 Å². The van der Waals surface area contributed by atoms with Gasteiger partial charge in [0.1, 0.15) is 5.82 Å². The fourth-order valence-electron chi connectivity index (χ4n) is 1.89. The summed E-state index contributed by atoms with van der Waals surface area (Å²) in [5.74, 6) is -0.394. The third-order valence-corrected chi connectivity index (χ3v) is 3.03. The molecule has 0 atom stereocenters. The summed E-state index contributed by atoms with van der Waals surface area (Å²) in [4.78, 5) is 10.3. The second-order valence-corrected chi connectivity index (χ2v) is 4.83. The molecule has 4 nitrogen and oxygen atoms in total. The molecule has 104 valence electrons. The Kier molecular flexibility index (Phi) is 4.20. The highest BCUT2D eigenvalue weighted by molar-refractivity contribution is 6.30. The molecule has 0 unspecified atom stereocenters. The van der Waals surface area contributed by atoms with Crippen LogP contribution in [0.2, 0.25) is 5.02 Å².